The van der Waals surface area contributed by atoms with Crippen molar-refractivity contribution in [2.45, 2.75) is 19.0 Å². The third kappa shape index (κ3) is 5.57. The average molecular weight is 523 g/mol. The molecule has 0 aliphatic rings. The van der Waals surface area contributed by atoms with Crippen LogP contribution in [0.1, 0.15) is 19.4 Å². The molecule has 2 heterocycles. The number of nitrogens with zero attached hydrogens (tertiary/aromatic N) is 5. The summed E-state index contributed by atoms with van der Waals surface area (Å²) in [7, 11) is 0. The number of amides is 1. The molecule has 5 aromatic rings. The predicted octanol–water partition coefficient (Wildman–Crippen LogP) is 5.51. The molecule has 3 aromatic carbocycles. The van der Waals surface area contributed by atoms with Gasteiger partial charge in [0, 0.05) is 29.2 Å². The molecular formula is C29H26N6O2S. The molecule has 0 bridgehead atoms. The zero-order valence-electron chi connectivity index (χ0n) is 21.0. The maximum atomic E-state index is 12.7. The van der Waals surface area contributed by atoms with E-state index in [-0.39, 0.29) is 11.7 Å². The highest BCUT2D eigenvalue weighted by molar-refractivity contribution is 7.99. The monoisotopic (exact) mass is 522 g/mol. The van der Waals surface area contributed by atoms with Gasteiger partial charge in [-0.3, -0.25) is 14.3 Å². The number of pyridine rings is 1. The smallest absolute Gasteiger partial charge is 0.250 e. The van der Waals surface area contributed by atoms with Crippen molar-refractivity contribution in [3.8, 4) is 22.8 Å². The number of fused-ring (bicyclic) bond motifs is 1. The summed E-state index contributed by atoms with van der Waals surface area (Å²) >= 11 is 1.29. The Morgan fingerprint density at radius 2 is 1.82 bits per heavy atom. The van der Waals surface area contributed by atoms with Gasteiger partial charge in [-0.2, -0.15) is 5.10 Å². The van der Waals surface area contributed by atoms with Gasteiger partial charge in [0.1, 0.15) is 5.75 Å². The Hall–Kier alpha value is -4.50. The fourth-order valence-corrected chi connectivity index (χ4v) is 4.79. The molecule has 2 aromatic heterocycles. The second-order valence-corrected chi connectivity index (χ2v) is 9.30. The Morgan fingerprint density at radius 3 is 2.61 bits per heavy atom. The molecule has 1 N–H and O–H groups in total. The van der Waals surface area contributed by atoms with Gasteiger partial charge in [0.15, 0.2) is 11.0 Å². The molecule has 0 atom stereocenters. The van der Waals surface area contributed by atoms with E-state index < -0.39 is 0 Å². The van der Waals surface area contributed by atoms with E-state index in [9.17, 15) is 4.79 Å². The molecule has 190 valence electrons. The standard InChI is InChI=1S/C29H26N6O2S/c1-3-37-24-15-13-23(14-16-24)35-28(22-10-7-17-30-18-22)33-34-29(35)38-19-27(36)32-31-20(2)25-12-6-9-21-8-4-5-11-26(21)25/h4-18H,3,19H2,1-2H3,(H,32,36). The molecular weight excluding hydrogens is 496 g/mol. The maximum Gasteiger partial charge on any atom is 0.250 e. The number of hydrogen-bond donors (Lipinski definition) is 1. The number of benzene rings is 3. The summed E-state index contributed by atoms with van der Waals surface area (Å²) in [5, 5.41) is 15.9. The minimum Gasteiger partial charge on any atom is -0.494 e. The molecule has 0 aliphatic carbocycles. The minimum atomic E-state index is -0.237. The van der Waals surface area contributed by atoms with E-state index >= 15 is 0 Å². The van der Waals surface area contributed by atoms with Gasteiger partial charge in [0.25, 0.3) is 5.91 Å². The van der Waals surface area contributed by atoms with E-state index in [0.717, 1.165) is 39.0 Å². The molecule has 0 fully saturated rings. The van der Waals surface area contributed by atoms with Crippen molar-refractivity contribution in [1.82, 2.24) is 25.2 Å². The number of nitrogens with one attached hydrogen (secondary N) is 1. The van der Waals surface area contributed by atoms with Crippen LogP contribution in [0.4, 0.5) is 0 Å². The summed E-state index contributed by atoms with van der Waals surface area (Å²) in [6, 6.07) is 25.6. The highest BCUT2D eigenvalue weighted by Gasteiger charge is 2.18. The van der Waals surface area contributed by atoms with Gasteiger partial charge in [-0.15, -0.1) is 10.2 Å². The highest BCUT2D eigenvalue weighted by Crippen LogP contribution is 2.28. The molecule has 38 heavy (non-hydrogen) atoms. The normalized spacial score (nSPS) is 11.5. The molecule has 0 saturated heterocycles. The van der Waals surface area contributed by atoms with E-state index in [4.69, 9.17) is 4.74 Å². The van der Waals surface area contributed by atoms with Crippen LogP contribution < -0.4 is 10.2 Å². The second kappa shape index (κ2) is 11.7. The molecule has 9 heteroatoms. The Balaban J connectivity index is 1.34. The summed E-state index contributed by atoms with van der Waals surface area (Å²) in [5.74, 6) is 1.29. The van der Waals surface area contributed by atoms with Crippen LogP contribution in [0.25, 0.3) is 27.8 Å². The Bertz CT molecular complexity index is 1580. The summed E-state index contributed by atoms with van der Waals surface area (Å²) in [4.78, 5) is 16.9. The third-order valence-electron chi connectivity index (χ3n) is 5.82. The Morgan fingerprint density at radius 1 is 1.00 bits per heavy atom. The first-order chi connectivity index (χ1) is 18.6. The van der Waals surface area contributed by atoms with Crippen LogP contribution in [0.5, 0.6) is 5.75 Å². The first-order valence-electron chi connectivity index (χ1n) is 12.2. The molecule has 0 aliphatic heterocycles. The molecule has 0 radical (unpaired) electrons. The summed E-state index contributed by atoms with van der Waals surface area (Å²) in [6.45, 7) is 4.42. The Kier molecular flexibility index (Phi) is 7.75. The number of rotatable bonds is 9. The van der Waals surface area contributed by atoms with Crippen LogP contribution in [0, 0.1) is 0 Å². The van der Waals surface area contributed by atoms with E-state index in [2.05, 4.69) is 43.9 Å². The van der Waals surface area contributed by atoms with Gasteiger partial charge in [-0.25, -0.2) is 5.43 Å². The van der Waals surface area contributed by atoms with Crippen molar-refractivity contribution in [1.29, 1.82) is 0 Å². The lowest BCUT2D eigenvalue weighted by molar-refractivity contribution is -0.118. The van der Waals surface area contributed by atoms with Gasteiger partial charge < -0.3 is 4.74 Å². The van der Waals surface area contributed by atoms with Gasteiger partial charge in [0.2, 0.25) is 0 Å². The summed E-state index contributed by atoms with van der Waals surface area (Å²) in [6.07, 6.45) is 3.45. The van der Waals surface area contributed by atoms with Gasteiger partial charge >= 0.3 is 0 Å². The van der Waals surface area contributed by atoms with E-state index in [1.165, 1.54) is 11.8 Å². The van der Waals surface area contributed by atoms with Crippen molar-refractivity contribution in [2.75, 3.05) is 12.4 Å². The third-order valence-corrected chi connectivity index (χ3v) is 6.75. The fraction of sp³-hybridized carbons (Fsp3) is 0.138. The van der Waals surface area contributed by atoms with E-state index in [1.54, 1.807) is 12.4 Å². The largest absolute Gasteiger partial charge is 0.494 e. The first kappa shape index (κ1) is 25.2. The van der Waals surface area contributed by atoms with Crippen molar-refractivity contribution < 1.29 is 9.53 Å². The number of thioether (sulfide) groups is 1. The van der Waals surface area contributed by atoms with E-state index in [0.29, 0.717) is 17.6 Å². The van der Waals surface area contributed by atoms with Crippen molar-refractivity contribution >= 4 is 34.2 Å². The average Bonchev–Trinajstić information content (AvgIpc) is 3.39. The number of carbonyl (C=O) groups is 1. The number of ether oxygens (including phenoxy) is 1. The number of hydrazone groups is 1. The van der Waals surface area contributed by atoms with Crippen molar-refractivity contribution in [3.63, 3.8) is 0 Å². The van der Waals surface area contributed by atoms with Gasteiger partial charge in [0.05, 0.1) is 18.1 Å². The van der Waals surface area contributed by atoms with Crippen molar-refractivity contribution in [3.05, 3.63) is 96.8 Å². The minimum absolute atomic E-state index is 0.120. The Labute approximate surface area is 224 Å². The van der Waals surface area contributed by atoms with Crippen molar-refractivity contribution in [2.24, 2.45) is 5.10 Å². The molecule has 5 rings (SSSR count). The summed E-state index contributed by atoms with van der Waals surface area (Å²) in [5.41, 5.74) is 6.06. The number of carbonyl (C=O) groups excluding carboxylic acids is 1. The molecule has 0 saturated carbocycles. The van der Waals surface area contributed by atoms with Crippen LogP contribution in [-0.4, -0.2) is 43.7 Å². The molecule has 0 spiro atoms. The quantitative estimate of drug-likeness (QED) is 0.156. The van der Waals surface area contributed by atoms with Crippen LogP contribution in [-0.2, 0) is 4.79 Å². The molecule has 1 amide bonds. The maximum absolute atomic E-state index is 12.7. The van der Waals surface area contributed by atoms with Gasteiger partial charge in [-0.05, 0) is 61.0 Å². The lowest BCUT2D eigenvalue weighted by atomic mass is 10.0. The zero-order chi connectivity index (χ0) is 26.3. The SMILES string of the molecule is CCOc1ccc(-n2c(SCC(=O)NN=C(C)c3cccc4ccccc34)nnc2-c2cccnc2)cc1. The summed E-state index contributed by atoms with van der Waals surface area (Å²) < 4.78 is 7.50. The topological polar surface area (TPSA) is 94.3 Å². The van der Waals surface area contributed by atoms with Crippen LogP contribution in [0.15, 0.2) is 102 Å². The van der Waals surface area contributed by atoms with E-state index in [1.807, 2.05) is 79.1 Å². The molecule has 8 nitrogen and oxygen atoms in total. The predicted molar refractivity (Wildman–Crippen MR) is 151 cm³/mol. The number of aromatic nitrogens is 4. The lowest BCUT2D eigenvalue weighted by Crippen LogP contribution is -2.21. The first-order valence-corrected chi connectivity index (χ1v) is 13.2. The molecule has 0 unspecified atom stereocenters. The fourth-order valence-electron chi connectivity index (χ4n) is 4.05. The van der Waals surface area contributed by atoms with Crippen LogP contribution in [0.3, 0.4) is 0 Å². The lowest BCUT2D eigenvalue weighted by Gasteiger charge is -2.11. The second-order valence-electron chi connectivity index (χ2n) is 8.36. The van der Waals surface area contributed by atoms with Crippen LogP contribution in [0.2, 0.25) is 0 Å². The highest BCUT2D eigenvalue weighted by atomic mass is 32.2. The van der Waals surface area contributed by atoms with Crippen LogP contribution >= 0.6 is 11.8 Å². The van der Waals surface area contributed by atoms with Gasteiger partial charge in [-0.1, -0.05) is 54.2 Å². The zero-order valence-corrected chi connectivity index (χ0v) is 21.9. The number of hydrogen-bond acceptors (Lipinski definition) is 7.